The number of benzene rings is 1. The standard InChI is InChI=1S/C20H31N3O2/c1-20(2,23-11-13-25-14-12-23)19(24)21-18-9-6-10-22(16-18)15-17-7-4-3-5-8-17/h3-5,7-8,18H,6,9-16H2,1-2H3,(H,21,24). The molecule has 138 valence electrons. The summed E-state index contributed by atoms with van der Waals surface area (Å²) in [7, 11) is 0. The fourth-order valence-electron chi connectivity index (χ4n) is 3.79. The van der Waals surface area contributed by atoms with E-state index in [-0.39, 0.29) is 11.9 Å². The van der Waals surface area contributed by atoms with E-state index in [1.54, 1.807) is 0 Å². The lowest BCUT2D eigenvalue weighted by Gasteiger charge is -2.41. The summed E-state index contributed by atoms with van der Waals surface area (Å²) < 4.78 is 5.42. The van der Waals surface area contributed by atoms with Gasteiger partial charge >= 0.3 is 0 Å². The van der Waals surface area contributed by atoms with E-state index in [1.165, 1.54) is 5.56 Å². The van der Waals surface area contributed by atoms with Gasteiger partial charge in [0.1, 0.15) is 0 Å². The molecule has 1 unspecified atom stereocenters. The molecule has 5 heteroatoms. The van der Waals surface area contributed by atoms with Gasteiger partial charge in [-0.25, -0.2) is 0 Å². The van der Waals surface area contributed by atoms with E-state index in [9.17, 15) is 4.79 Å². The van der Waals surface area contributed by atoms with Crippen LogP contribution in [0, 0.1) is 0 Å². The Morgan fingerprint density at radius 1 is 1.20 bits per heavy atom. The molecule has 0 radical (unpaired) electrons. The fourth-order valence-corrected chi connectivity index (χ4v) is 3.79. The van der Waals surface area contributed by atoms with Crippen molar-refractivity contribution >= 4 is 5.91 Å². The Morgan fingerprint density at radius 3 is 2.64 bits per heavy atom. The van der Waals surface area contributed by atoms with Crippen molar-refractivity contribution in [2.45, 2.75) is 44.8 Å². The van der Waals surface area contributed by atoms with Gasteiger partial charge in [-0.05, 0) is 38.8 Å². The number of ether oxygens (including phenoxy) is 1. The topological polar surface area (TPSA) is 44.8 Å². The number of hydrogen-bond acceptors (Lipinski definition) is 4. The highest BCUT2D eigenvalue weighted by atomic mass is 16.5. The first-order chi connectivity index (χ1) is 12.1. The van der Waals surface area contributed by atoms with Crippen molar-refractivity contribution in [3.05, 3.63) is 35.9 Å². The summed E-state index contributed by atoms with van der Waals surface area (Å²) in [5.74, 6) is 0.140. The van der Waals surface area contributed by atoms with Gasteiger partial charge in [-0.3, -0.25) is 14.6 Å². The van der Waals surface area contributed by atoms with Gasteiger partial charge in [-0.15, -0.1) is 0 Å². The van der Waals surface area contributed by atoms with Crippen molar-refractivity contribution in [3.8, 4) is 0 Å². The molecule has 1 atom stereocenters. The van der Waals surface area contributed by atoms with E-state index in [0.717, 1.165) is 45.6 Å². The molecule has 2 aliphatic rings. The molecule has 25 heavy (non-hydrogen) atoms. The summed E-state index contributed by atoms with van der Waals surface area (Å²) in [6.45, 7) is 10.1. The predicted molar refractivity (Wildman–Crippen MR) is 99.4 cm³/mol. The molecular weight excluding hydrogens is 314 g/mol. The Hall–Kier alpha value is -1.43. The first-order valence-electron chi connectivity index (χ1n) is 9.46. The quantitative estimate of drug-likeness (QED) is 0.885. The van der Waals surface area contributed by atoms with E-state index in [2.05, 4.69) is 45.4 Å². The lowest BCUT2D eigenvalue weighted by Crippen LogP contribution is -2.60. The summed E-state index contributed by atoms with van der Waals surface area (Å²) in [6.07, 6.45) is 2.20. The van der Waals surface area contributed by atoms with Crippen molar-refractivity contribution in [1.29, 1.82) is 0 Å². The summed E-state index contributed by atoms with van der Waals surface area (Å²) in [4.78, 5) is 17.6. The fraction of sp³-hybridized carbons (Fsp3) is 0.650. The molecule has 2 heterocycles. The molecule has 1 aromatic carbocycles. The SMILES string of the molecule is CC(C)(C(=O)NC1CCCN(Cc2ccccc2)C1)N1CCOCC1. The number of carbonyl (C=O) groups excluding carboxylic acids is 1. The average Bonchev–Trinajstić information content (AvgIpc) is 2.63. The molecule has 0 saturated carbocycles. The van der Waals surface area contributed by atoms with E-state index < -0.39 is 5.54 Å². The molecule has 1 aromatic rings. The van der Waals surface area contributed by atoms with Gasteiger partial charge < -0.3 is 10.1 Å². The third-order valence-electron chi connectivity index (χ3n) is 5.45. The average molecular weight is 345 g/mol. The van der Waals surface area contributed by atoms with E-state index in [1.807, 2.05) is 13.8 Å². The van der Waals surface area contributed by atoms with Crippen LogP contribution >= 0.6 is 0 Å². The van der Waals surface area contributed by atoms with Crippen LogP contribution in [-0.4, -0.2) is 66.7 Å². The number of hydrogen-bond donors (Lipinski definition) is 1. The van der Waals surface area contributed by atoms with Crippen molar-refractivity contribution in [2.24, 2.45) is 0 Å². The van der Waals surface area contributed by atoms with Gasteiger partial charge in [0.25, 0.3) is 0 Å². The zero-order valence-corrected chi connectivity index (χ0v) is 15.5. The zero-order valence-electron chi connectivity index (χ0n) is 15.5. The second kappa shape index (κ2) is 8.30. The van der Waals surface area contributed by atoms with E-state index in [4.69, 9.17) is 4.74 Å². The molecule has 0 spiro atoms. The molecule has 5 nitrogen and oxygen atoms in total. The van der Waals surface area contributed by atoms with Gasteiger partial charge in [0.2, 0.25) is 5.91 Å². The summed E-state index contributed by atoms with van der Waals surface area (Å²) in [5.41, 5.74) is 0.856. The van der Waals surface area contributed by atoms with Crippen LogP contribution in [0.25, 0.3) is 0 Å². The number of nitrogens with zero attached hydrogens (tertiary/aromatic N) is 2. The largest absolute Gasteiger partial charge is 0.379 e. The highest BCUT2D eigenvalue weighted by Crippen LogP contribution is 2.19. The molecule has 3 rings (SSSR count). The molecule has 0 aromatic heterocycles. The normalized spacial score (nSPS) is 23.4. The maximum atomic E-state index is 12.9. The Bertz CT molecular complexity index is 555. The van der Waals surface area contributed by atoms with E-state index in [0.29, 0.717) is 13.2 Å². The minimum Gasteiger partial charge on any atom is -0.379 e. The number of nitrogens with one attached hydrogen (secondary N) is 1. The number of amides is 1. The number of carbonyl (C=O) groups is 1. The maximum Gasteiger partial charge on any atom is 0.240 e. The third kappa shape index (κ3) is 4.81. The number of likely N-dealkylation sites (tertiary alicyclic amines) is 1. The van der Waals surface area contributed by atoms with Gasteiger partial charge in [0, 0.05) is 32.2 Å². The van der Waals surface area contributed by atoms with Gasteiger partial charge in [-0.1, -0.05) is 30.3 Å². The molecule has 1 amide bonds. The third-order valence-corrected chi connectivity index (χ3v) is 5.45. The van der Waals surface area contributed by atoms with Gasteiger partial charge in [-0.2, -0.15) is 0 Å². The second-order valence-corrected chi connectivity index (χ2v) is 7.69. The van der Waals surface area contributed by atoms with Crippen molar-refractivity contribution in [1.82, 2.24) is 15.1 Å². The Kier molecular flexibility index (Phi) is 6.10. The summed E-state index contributed by atoms with van der Waals surface area (Å²) in [6, 6.07) is 10.8. The molecule has 2 fully saturated rings. The van der Waals surface area contributed by atoms with Crippen LogP contribution in [0.2, 0.25) is 0 Å². The first-order valence-corrected chi connectivity index (χ1v) is 9.46. The molecule has 0 aliphatic carbocycles. The minimum absolute atomic E-state index is 0.140. The molecular formula is C20H31N3O2. The van der Waals surface area contributed by atoms with Crippen LogP contribution in [0.15, 0.2) is 30.3 Å². The number of morpholine rings is 1. The molecule has 2 saturated heterocycles. The smallest absolute Gasteiger partial charge is 0.240 e. The van der Waals surface area contributed by atoms with Crippen LogP contribution in [0.1, 0.15) is 32.3 Å². The second-order valence-electron chi connectivity index (χ2n) is 7.69. The maximum absolute atomic E-state index is 12.9. The lowest BCUT2D eigenvalue weighted by molar-refractivity contribution is -0.135. The Balaban J connectivity index is 1.53. The highest BCUT2D eigenvalue weighted by Gasteiger charge is 2.36. The summed E-state index contributed by atoms with van der Waals surface area (Å²) >= 11 is 0. The van der Waals surface area contributed by atoms with Crippen LogP contribution in [0.5, 0.6) is 0 Å². The van der Waals surface area contributed by atoms with Crippen LogP contribution in [-0.2, 0) is 16.1 Å². The van der Waals surface area contributed by atoms with Gasteiger partial charge in [0.05, 0.1) is 18.8 Å². The van der Waals surface area contributed by atoms with Crippen LogP contribution in [0.3, 0.4) is 0 Å². The van der Waals surface area contributed by atoms with Crippen molar-refractivity contribution in [3.63, 3.8) is 0 Å². The zero-order chi connectivity index (χ0) is 17.7. The molecule has 1 N–H and O–H groups in total. The highest BCUT2D eigenvalue weighted by molar-refractivity contribution is 5.85. The number of piperidine rings is 1. The monoisotopic (exact) mass is 345 g/mol. The van der Waals surface area contributed by atoms with E-state index >= 15 is 0 Å². The summed E-state index contributed by atoms with van der Waals surface area (Å²) in [5, 5.41) is 3.31. The Morgan fingerprint density at radius 2 is 1.92 bits per heavy atom. The number of rotatable bonds is 5. The minimum atomic E-state index is -0.481. The van der Waals surface area contributed by atoms with Crippen LogP contribution in [0.4, 0.5) is 0 Å². The van der Waals surface area contributed by atoms with Crippen molar-refractivity contribution < 1.29 is 9.53 Å². The Labute approximate surface area is 151 Å². The lowest BCUT2D eigenvalue weighted by atomic mass is 9.98. The van der Waals surface area contributed by atoms with Gasteiger partial charge in [0.15, 0.2) is 0 Å². The first kappa shape index (κ1) is 18.4. The predicted octanol–water partition coefficient (Wildman–Crippen LogP) is 1.88. The van der Waals surface area contributed by atoms with Crippen LogP contribution < -0.4 is 5.32 Å². The molecule has 0 bridgehead atoms. The van der Waals surface area contributed by atoms with Crippen molar-refractivity contribution in [2.75, 3.05) is 39.4 Å². The molecule has 2 aliphatic heterocycles.